The van der Waals surface area contributed by atoms with E-state index in [1.54, 1.807) is 4.90 Å². The predicted octanol–water partition coefficient (Wildman–Crippen LogP) is 2.27. The van der Waals surface area contributed by atoms with Crippen molar-refractivity contribution in [2.75, 3.05) is 11.9 Å². The number of hydrogen-bond acceptors (Lipinski definition) is 1. The molecule has 1 nitrogen and oxygen atoms in total. The normalized spacial score (nSPS) is 9.27. The van der Waals surface area contributed by atoms with Crippen LogP contribution < -0.4 is 4.90 Å². The fourth-order valence-electron chi connectivity index (χ4n) is 0.821. The van der Waals surface area contributed by atoms with Gasteiger partial charge in [-0.3, -0.25) is 0 Å². The Balaban J connectivity index is 2.89. The van der Waals surface area contributed by atoms with Crippen LogP contribution in [0.1, 0.15) is 5.56 Å². The van der Waals surface area contributed by atoms with Gasteiger partial charge in [-0.2, -0.15) is 0 Å². The number of thiocarbonyl (C=S) groups is 1. The van der Waals surface area contributed by atoms with E-state index in [1.807, 2.05) is 19.2 Å². The Morgan fingerprint density at radius 1 is 1.27 bits per heavy atom. The quantitative estimate of drug-likeness (QED) is 0.487. The molecule has 11 heavy (non-hydrogen) atoms. The molecule has 0 saturated heterocycles. The van der Waals surface area contributed by atoms with Crippen LogP contribution in [0.15, 0.2) is 24.3 Å². The maximum atomic E-state index is 4.67. The first-order chi connectivity index (χ1) is 5.24. The van der Waals surface area contributed by atoms with Crippen molar-refractivity contribution in [2.45, 2.75) is 6.92 Å². The van der Waals surface area contributed by atoms with Crippen molar-refractivity contribution >= 4 is 23.4 Å². The molecule has 1 rings (SSSR count). The maximum absolute atomic E-state index is 4.67. The van der Waals surface area contributed by atoms with E-state index in [1.165, 1.54) is 5.56 Å². The number of anilines is 1. The lowest BCUT2D eigenvalue weighted by molar-refractivity contribution is 1.30. The molecular weight excluding hydrogens is 154 g/mol. The van der Waals surface area contributed by atoms with Crippen LogP contribution >= 0.6 is 12.2 Å². The molecule has 0 aliphatic carbocycles. The summed E-state index contributed by atoms with van der Waals surface area (Å²) in [5, 5.41) is 0. The van der Waals surface area contributed by atoms with E-state index >= 15 is 0 Å². The molecule has 1 radical (unpaired) electrons. The number of benzene rings is 1. The van der Waals surface area contributed by atoms with Crippen molar-refractivity contribution in [2.24, 2.45) is 0 Å². The van der Waals surface area contributed by atoms with E-state index in [-0.39, 0.29) is 0 Å². The van der Waals surface area contributed by atoms with Crippen LogP contribution in [0.5, 0.6) is 0 Å². The van der Waals surface area contributed by atoms with E-state index < -0.39 is 0 Å². The first-order valence-corrected chi connectivity index (χ1v) is 3.83. The second-order valence-electron chi connectivity index (χ2n) is 2.49. The Kier molecular flexibility index (Phi) is 2.60. The summed E-state index contributed by atoms with van der Waals surface area (Å²) in [6, 6.07) is 8.15. The van der Waals surface area contributed by atoms with Crippen molar-refractivity contribution in [3.8, 4) is 0 Å². The number of hydrogen-bond donors (Lipinski definition) is 0. The van der Waals surface area contributed by atoms with Gasteiger partial charge in [-0.05, 0) is 19.1 Å². The monoisotopic (exact) mass is 164 g/mol. The van der Waals surface area contributed by atoms with Gasteiger partial charge in [0.2, 0.25) is 0 Å². The molecule has 0 spiro atoms. The Morgan fingerprint density at radius 2 is 1.82 bits per heavy atom. The van der Waals surface area contributed by atoms with E-state index in [0.717, 1.165) is 5.69 Å². The molecule has 0 heterocycles. The number of nitrogens with zero attached hydrogens (tertiary/aromatic N) is 1. The van der Waals surface area contributed by atoms with Gasteiger partial charge in [-0.1, -0.05) is 29.9 Å². The van der Waals surface area contributed by atoms with Crippen molar-refractivity contribution in [3.05, 3.63) is 29.8 Å². The highest BCUT2D eigenvalue weighted by molar-refractivity contribution is 7.79. The number of aryl methyl sites for hydroxylation is 1. The third-order valence-corrected chi connectivity index (χ3v) is 1.83. The Bertz CT molecular complexity index is 240. The maximum Gasteiger partial charge on any atom is 0.141 e. The molecule has 0 unspecified atom stereocenters. The highest BCUT2D eigenvalue weighted by Gasteiger charge is 1.94. The van der Waals surface area contributed by atoms with Gasteiger partial charge in [-0.15, -0.1) is 0 Å². The second kappa shape index (κ2) is 3.49. The summed E-state index contributed by atoms with van der Waals surface area (Å²) in [4.78, 5) is 1.79. The van der Waals surface area contributed by atoms with Gasteiger partial charge in [0.1, 0.15) is 5.49 Å². The second-order valence-corrected chi connectivity index (χ2v) is 2.67. The van der Waals surface area contributed by atoms with Crippen LogP contribution in [0, 0.1) is 6.92 Å². The smallest absolute Gasteiger partial charge is 0.141 e. The van der Waals surface area contributed by atoms with E-state index in [4.69, 9.17) is 0 Å². The zero-order valence-corrected chi connectivity index (χ0v) is 7.48. The lowest BCUT2D eigenvalue weighted by atomic mass is 10.2. The molecule has 0 amide bonds. The first-order valence-electron chi connectivity index (χ1n) is 3.42. The summed E-state index contributed by atoms with van der Waals surface area (Å²) in [6.07, 6.45) is 0. The van der Waals surface area contributed by atoms with Crippen LogP contribution in [0.4, 0.5) is 5.69 Å². The predicted molar refractivity (Wildman–Crippen MR) is 52.2 cm³/mol. The highest BCUT2D eigenvalue weighted by atomic mass is 32.1. The van der Waals surface area contributed by atoms with E-state index in [2.05, 4.69) is 36.8 Å². The van der Waals surface area contributed by atoms with Crippen LogP contribution in [-0.2, 0) is 0 Å². The molecule has 1 aromatic carbocycles. The minimum atomic E-state index is 1.07. The largest absolute Gasteiger partial charge is 0.333 e. The minimum absolute atomic E-state index is 1.07. The van der Waals surface area contributed by atoms with Gasteiger partial charge < -0.3 is 4.90 Å². The SMILES string of the molecule is Cc1ccc(N(C)[C]=S)cc1. The van der Waals surface area contributed by atoms with Crippen LogP contribution in [0.3, 0.4) is 0 Å². The van der Waals surface area contributed by atoms with Gasteiger partial charge in [0, 0.05) is 12.7 Å². The van der Waals surface area contributed by atoms with Crippen LogP contribution in [-0.4, -0.2) is 12.5 Å². The summed E-state index contributed by atoms with van der Waals surface area (Å²) >= 11 is 4.67. The van der Waals surface area contributed by atoms with Crippen molar-refractivity contribution in [3.63, 3.8) is 0 Å². The fourth-order valence-corrected chi connectivity index (χ4v) is 0.926. The molecule has 57 valence electrons. The zero-order chi connectivity index (χ0) is 8.27. The molecule has 0 aromatic heterocycles. The highest BCUT2D eigenvalue weighted by Crippen LogP contribution is 2.11. The Labute approximate surface area is 72.6 Å². The summed E-state index contributed by atoms with van der Waals surface area (Å²) in [5.74, 6) is 0. The molecule has 0 fully saturated rings. The van der Waals surface area contributed by atoms with Crippen molar-refractivity contribution < 1.29 is 0 Å². The van der Waals surface area contributed by atoms with Gasteiger partial charge in [0.25, 0.3) is 0 Å². The van der Waals surface area contributed by atoms with Crippen LogP contribution in [0.2, 0.25) is 0 Å². The zero-order valence-electron chi connectivity index (χ0n) is 6.66. The lowest BCUT2D eigenvalue weighted by Crippen LogP contribution is -2.11. The van der Waals surface area contributed by atoms with Gasteiger partial charge >= 0.3 is 0 Å². The summed E-state index contributed by atoms with van der Waals surface area (Å²) in [7, 11) is 1.89. The molecule has 0 aliphatic rings. The fraction of sp³-hybridized carbons (Fsp3) is 0.222. The third-order valence-electron chi connectivity index (χ3n) is 1.56. The Hall–Kier alpha value is -0.890. The molecule has 0 atom stereocenters. The van der Waals surface area contributed by atoms with Crippen LogP contribution in [0.25, 0.3) is 0 Å². The molecule has 0 saturated carbocycles. The number of rotatable bonds is 2. The standard InChI is InChI=1S/C9H10NS/c1-8-3-5-9(6-4-8)10(2)7-11/h3-6H,1-2H3. The molecule has 0 N–H and O–H groups in total. The van der Waals surface area contributed by atoms with Gasteiger partial charge in [0.05, 0.1) is 0 Å². The molecule has 0 aliphatic heterocycles. The van der Waals surface area contributed by atoms with Crippen molar-refractivity contribution in [1.82, 2.24) is 0 Å². The van der Waals surface area contributed by atoms with E-state index in [0.29, 0.717) is 0 Å². The average Bonchev–Trinajstić information content (AvgIpc) is 2.05. The summed E-state index contributed by atoms with van der Waals surface area (Å²) in [6.45, 7) is 2.06. The Morgan fingerprint density at radius 3 is 2.27 bits per heavy atom. The van der Waals surface area contributed by atoms with Crippen molar-refractivity contribution in [1.29, 1.82) is 0 Å². The third kappa shape index (κ3) is 2.02. The average molecular weight is 164 g/mol. The summed E-state index contributed by atoms with van der Waals surface area (Å²) in [5.41, 5.74) is 4.95. The summed E-state index contributed by atoms with van der Waals surface area (Å²) < 4.78 is 0. The molecule has 2 heteroatoms. The molecular formula is C9H10NS. The lowest BCUT2D eigenvalue weighted by Gasteiger charge is -2.10. The van der Waals surface area contributed by atoms with Gasteiger partial charge in [-0.25, -0.2) is 0 Å². The molecule has 0 bridgehead atoms. The molecule has 1 aromatic rings. The topological polar surface area (TPSA) is 3.24 Å². The first kappa shape index (κ1) is 8.21. The minimum Gasteiger partial charge on any atom is -0.333 e. The van der Waals surface area contributed by atoms with Gasteiger partial charge in [0.15, 0.2) is 0 Å². The van der Waals surface area contributed by atoms with E-state index in [9.17, 15) is 0 Å².